The van der Waals surface area contributed by atoms with Crippen LogP contribution in [0.1, 0.15) is 123 Å². The van der Waals surface area contributed by atoms with E-state index in [1.54, 1.807) is 0 Å². The number of hydrogen-bond acceptors (Lipinski definition) is 3. The molecule has 0 aliphatic heterocycles. The lowest BCUT2D eigenvalue weighted by Gasteiger charge is -2.11. The van der Waals surface area contributed by atoms with Gasteiger partial charge in [0.1, 0.15) is 6.61 Å². The fraction of sp³-hybridized carbons (Fsp3) is 0.875. The smallest absolute Gasteiger partial charge is 0.305 e. The standard InChI is InChI=1S/C24H47NO2/c1-3-5-7-8-9-10-11-12-13-14-15-16-17-18-19-21-24(26)27-22-23(25)20-6-4-2/h11-12,23H,3-10,13-22,25H2,1-2H3/b12-11-/t23-/m0/s1. The maximum Gasteiger partial charge on any atom is 0.305 e. The van der Waals surface area contributed by atoms with Crippen LogP contribution in [0.2, 0.25) is 0 Å². The van der Waals surface area contributed by atoms with E-state index in [0.29, 0.717) is 13.0 Å². The lowest BCUT2D eigenvalue weighted by atomic mass is 10.1. The van der Waals surface area contributed by atoms with Crippen LogP contribution in [0, 0.1) is 0 Å². The largest absolute Gasteiger partial charge is 0.464 e. The van der Waals surface area contributed by atoms with Crippen molar-refractivity contribution < 1.29 is 9.53 Å². The second-order valence-corrected chi connectivity index (χ2v) is 7.92. The molecule has 2 N–H and O–H groups in total. The van der Waals surface area contributed by atoms with Gasteiger partial charge in [0, 0.05) is 12.5 Å². The Balaban J connectivity index is 3.27. The first-order valence-corrected chi connectivity index (χ1v) is 11.8. The zero-order chi connectivity index (χ0) is 20.0. The lowest BCUT2D eigenvalue weighted by Crippen LogP contribution is -2.27. The average molecular weight is 382 g/mol. The Morgan fingerprint density at radius 3 is 1.89 bits per heavy atom. The molecule has 3 heteroatoms. The van der Waals surface area contributed by atoms with Gasteiger partial charge in [-0.1, -0.05) is 90.2 Å². The minimum Gasteiger partial charge on any atom is -0.464 e. The third-order valence-electron chi connectivity index (χ3n) is 5.03. The molecule has 0 rings (SSSR count). The van der Waals surface area contributed by atoms with E-state index in [0.717, 1.165) is 32.1 Å². The molecule has 0 radical (unpaired) electrons. The Bertz CT molecular complexity index is 341. The number of nitrogens with two attached hydrogens (primary N) is 1. The number of esters is 1. The molecular formula is C24H47NO2. The molecule has 1 atom stereocenters. The first kappa shape index (κ1) is 26.2. The van der Waals surface area contributed by atoms with Crippen LogP contribution in [0.5, 0.6) is 0 Å². The third kappa shape index (κ3) is 21.3. The SMILES string of the molecule is CCCCCCC/C=C\CCCCCCCCC(=O)OC[C@@H](N)CCCC. The van der Waals surface area contributed by atoms with Gasteiger partial charge in [-0.25, -0.2) is 0 Å². The molecule has 0 bridgehead atoms. The van der Waals surface area contributed by atoms with Crippen molar-refractivity contribution >= 4 is 5.97 Å². The van der Waals surface area contributed by atoms with Gasteiger partial charge in [-0.15, -0.1) is 0 Å². The van der Waals surface area contributed by atoms with Gasteiger partial charge in [0.15, 0.2) is 0 Å². The second kappa shape index (κ2) is 21.5. The van der Waals surface area contributed by atoms with Crippen LogP contribution in [-0.2, 0) is 9.53 Å². The zero-order valence-corrected chi connectivity index (χ0v) is 18.4. The molecular weight excluding hydrogens is 334 g/mol. The van der Waals surface area contributed by atoms with Gasteiger partial charge in [0.05, 0.1) is 0 Å². The van der Waals surface area contributed by atoms with Crippen molar-refractivity contribution in [1.29, 1.82) is 0 Å². The highest BCUT2D eigenvalue weighted by molar-refractivity contribution is 5.69. The van der Waals surface area contributed by atoms with E-state index in [1.165, 1.54) is 70.6 Å². The molecule has 3 nitrogen and oxygen atoms in total. The fourth-order valence-electron chi connectivity index (χ4n) is 3.16. The minimum atomic E-state index is -0.0817. The molecule has 0 amide bonds. The number of unbranched alkanes of at least 4 members (excludes halogenated alkanes) is 12. The number of ether oxygens (including phenoxy) is 1. The Labute approximate surface area is 169 Å². The van der Waals surface area contributed by atoms with Gasteiger partial charge in [0.25, 0.3) is 0 Å². The molecule has 0 saturated carbocycles. The van der Waals surface area contributed by atoms with E-state index in [9.17, 15) is 4.79 Å². The van der Waals surface area contributed by atoms with E-state index in [-0.39, 0.29) is 12.0 Å². The van der Waals surface area contributed by atoms with Crippen LogP contribution in [-0.4, -0.2) is 18.6 Å². The van der Waals surface area contributed by atoms with Gasteiger partial charge >= 0.3 is 5.97 Å². The maximum atomic E-state index is 11.7. The number of carbonyl (C=O) groups is 1. The normalized spacial score (nSPS) is 12.6. The first-order chi connectivity index (χ1) is 13.2. The molecule has 0 aliphatic carbocycles. The van der Waals surface area contributed by atoms with Crippen LogP contribution in [0.3, 0.4) is 0 Å². The predicted molar refractivity (Wildman–Crippen MR) is 118 cm³/mol. The van der Waals surface area contributed by atoms with Crippen LogP contribution in [0.25, 0.3) is 0 Å². The van der Waals surface area contributed by atoms with Crippen molar-refractivity contribution in [2.75, 3.05) is 6.61 Å². The number of carbonyl (C=O) groups excluding carboxylic acids is 1. The van der Waals surface area contributed by atoms with E-state index in [2.05, 4.69) is 26.0 Å². The molecule has 27 heavy (non-hydrogen) atoms. The molecule has 0 heterocycles. The molecule has 0 saturated heterocycles. The summed E-state index contributed by atoms with van der Waals surface area (Å²) in [6.07, 6.45) is 25.0. The first-order valence-electron chi connectivity index (χ1n) is 11.8. The highest BCUT2D eigenvalue weighted by Gasteiger charge is 2.07. The average Bonchev–Trinajstić information content (AvgIpc) is 2.67. The molecule has 0 spiro atoms. The van der Waals surface area contributed by atoms with Crippen LogP contribution >= 0.6 is 0 Å². The van der Waals surface area contributed by atoms with E-state index < -0.39 is 0 Å². The Kier molecular flexibility index (Phi) is 20.8. The predicted octanol–water partition coefficient (Wildman–Crippen LogP) is 7.08. The second-order valence-electron chi connectivity index (χ2n) is 7.92. The van der Waals surface area contributed by atoms with Crippen molar-refractivity contribution in [3.8, 4) is 0 Å². The summed E-state index contributed by atoms with van der Waals surface area (Å²) in [6.45, 7) is 4.79. The van der Waals surface area contributed by atoms with Gasteiger partial charge in [-0.3, -0.25) is 4.79 Å². The molecule has 160 valence electrons. The molecule has 0 unspecified atom stereocenters. The van der Waals surface area contributed by atoms with Gasteiger partial charge in [-0.05, 0) is 38.5 Å². The summed E-state index contributed by atoms with van der Waals surface area (Å²) in [4.78, 5) is 11.7. The number of hydrogen-bond donors (Lipinski definition) is 1. The van der Waals surface area contributed by atoms with E-state index >= 15 is 0 Å². The van der Waals surface area contributed by atoms with Crippen LogP contribution in [0.4, 0.5) is 0 Å². The van der Waals surface area contributed by atoms with Gasteiger partial charge < -0.3 is 10.5 Å². The monoisotopic (exact) mass is 381 g/mol. The molecule has 0 aromatic carbocycles. The van der Waals surface area contributed by atoms with E-state index in [4.69, 9.17) is 10.5 Å². The van der Waals surface area contributed by atoms with Crippen molar-refractivity contribution in [2.45, 2.75) is 129 Å². The quantitative estimate of drug-likeness (QED) is 0.139. The van der Waals surface area contributed by atoms with Crippen LogP contribution in [0.15, 0.2) is 12.2 Å². The maximum absolute atomic E-state index is 11.7. The third-order valence-corrected chi connectivity index (χ3v) is 5.03. The van der Waals surface area contributed by atoms with Gasteiger partial charge in [-0.2, -0.15) is 0 Å². The molecule has 0 fully saturated rings. The van der Waals surface area contributed by atoms with Crippen molar-refractivity contribution in [3.05, 3.63) is 12.2 Å². The highest BCUT2D eigenvalue weighted by atomic mass is 16.5. The number of allylic oxidation sites excluding steroid dienone is 2. The minimum absolute atomic E-state index is 0.00371. The summed E-state index contributed by atoms with van der Waals surface area (Å²) < 4.78 is 5.25. The Hall–Kier alpha value is -0.830. The van der Waals surface area contributed by atoms with Crippen molar-refractivity contribution in [2.24, 2.45) is 5.73 Å². The Morgan fingerprint density at radius 1 is 0.778 bits per heavy atom. The topological polar surface area (TPSA) is 52.3 Å². The van der Waals surface area contributed by atoms with Crippen molar-refractivity contribution in [3.63, 3.8) is 0 Å². The summed E-state index contributed by atoms with van der Waals surface area (Å²) in [5.74, 6) is -0.0817. The number of rotatable bonds is 20. The van der Waals surface area contributed by atoms with Crippen LogP contribution < -0.4 is 5.73 Å². The summed E-state index contributed by atoms with van der Waals surface area (Å²) in [6, 6.07) is 0.00371. The van der Waals surface area contributed by atoms with E-state index in [1.807, 2.05) is 0 Å². The zero-order valence-electron chi connectivity index (χ0n) is 18.4. The Morgan fingerprint density at radius 2 is 1.30 bits per heavy atom. The summed E-state index contributed by atoms with van der Waals surface area (Å²) in [5, 5.41) is 0. The summed E-state index contributed by atoms with van der Waals surface area (Å²) in [5.41, 5.74) is 5.91. The molecule has 0 aromatic rings. The summed E-state index contributed by atoms with van der Waals surface area (Å²) >= 11 is 0. The molecule has 0 aromatic heterocycles. The lowest BCUT2D eigenvalue weighted by molar-refractivity contribution is -0.144. The van der Waals surface area contributed by atoms with Gasteiger partial charge in [0.2, 0.25) is 0 Å². The van der Waals surface area contributed by atoms with Crippen molar-refractivity contribution in [1.82, 2.24) is 0 Å². The fourth-order valence-corrected chi connectivity index (χ4v) is 3.16. The highest BCUT2D eigenvalue weighted by Crippen LogP contribution is 2.10. The molecule has 0 aliphatic rings. The summed E-state index contributed by atoms with van der Waals surface area (Å²) in [7, 11) is 0.